The first-order valence-electron chi connectivity index (χ1n) is 10.1. The highest BCUT2D eigenvalue weighted by Gasteiger charge is 2.20. The molecule has 0 saturated carbocycles. The van der Waals surface area contributed by atoms with Crippen molar-refractivity contribution in [1.82, 2.24) is 19.7 Å². The van der Waals surface area contributed by atoms with E-state index < -0.39 is 11.6 Å². The van der Waals surface area contributed by atoms with Gasteiger partial charge in [-0.3, -0.25) is 4.68 Å². The van der Waals surface area contributed by atoms with Crippen molar-refractivity contribution in [3.05, 3.63) is 64.9 Å². The van der Waals surface area contributed by atoms with Crippen molar-refractivity contribution in [3.8, 4) is 23.1 Å². The first kappa shape index (κ1) is 20.7. The van der Waals surface area contributed by atoms with Crippen LogP contribution < -0.4 is 4.74 Å². The zero-order chi connectivity index (χ0) is 22.1. The molecular weight excluding hydrogens is 402 g/mol. The molecule has 6 nitrogen and oxygen atoms in total. The molecule has 0 radical (unpaired) electrons. The molecule has 0 aliphatic carbocycles. The number of fused-ring (bicyclic) bond motifs is 1. The predicted molar refractivity (Wildman–Crippen MR) is 113 cm³/mol. The standard InChI is InChI=1S/C23H22F2N4O2/c1-4-15-13(3)26-22(27-23(15)30)21-16-8-6-7-9-20(16)29(28-21)12-17-18(24)10-14(31-5-2)11-19(17)25/h6-11H,4-5,12H2,1-3H3,(H,26,27,30). The fourth-order valence-corrected chi connectivity index (χ4v) is 3.64. The molecule has 0 spiro atoms. The second kappa shape index (κ2) is 8.29. The maximum Gasteiger partial charge on any atom is 0.218 e. The fourth-order valence-electron chi connectivity index (χ4n) is 3.64. The van der Waals surface area contributed by atoms with Gasteiger partial charge in [-0.1, -0.05) is 25.1 Å². The van der Waals surface area contributed by atoms with Gasteiger partial charge in [0.2, 0.25) is 5.88 Å². The normalized spacial score (nSPS) is 11.3. The minimum Gasteiger partial charge on any atom is -0.494 e. The van der Waals surface area contributed by atoms with Crippen LogP contribution in [0.4, 0.5) is 8.78 Å². The summed E-state index contributed by atoms with van der Waals surface area (Å²) in [5.41, 5.74) is 2.32. The average molecular weight is 424 g/mol. The number of halogens is 2. The van der Waals surface area contributed by atoms with Crippen LogP contribution in [0.3, 0.4) is 0 Å². The quantitative estimate of drug-likeness (QED) is 0.482. The number of aromatic nitrogens is 4. The summed E-state index contributed by atoms with van der Waals surface area (Å²) in [6, 6.07) is 9.64. The van der Waals surface area contributed by atoms with E-state index in [1.54, 1.807) is 13.8 Å². The van der Waals surface area contributed by atoms with Gasteiger partial charge in [-0.15, -0.1) is 0 Å². The molecule has 0 amide bonds. The number of nitrogens with zero attached hydrogens (tertiary/aromatic N) is 4. The summed E-state index contributed by atoms with van der Waals surface area (Å²) in [6.07, 6.45) is 0.601. The molecule has 0 aliphatic heterocycles. The molecule has 1 N–H and O–H groups in total. The molecule has 0 atom stereocenters. The number of aryl methyl sites for hydroxylation is 1. The van der Waals surface area contributed by atoms with Crippen molar-refractivity contribution in [3.63, 3.8) is 0 Å². The lowest BCUT2D eigenvalue weighted by molar-refractivity contribution is 0.335. The maximum atomic E-state index is 14.6. The SMILES string of the molecule is CCOc1cc(F)c(Cn2nc(-c3nc(C)c(CC)c(O)n3)c3ccccc32)c(F)c1. The molecule has 160 valence electrons. The van der Waals surface area contributed by atoms with Crippen molar-refractivity contribution in [2.24, 2.45) is 0 Å². The third kappa shape index (κ3) is 3.81. The number of aromatic hydroxyl groups is 1. The van der Waals surface area contributed by atoms with Gasteiger partial charge >= 0.3 is 0 Å². The zero-order valence-corrected chi connectivity index (χ0v) is 17.5. The Bertz CT molecular complexity index is 1220. The summed E-state index contributed by atoms with van der Waals surface area (Å²) in [4.78, 5) is 8.72. The van der Waals surface area contributed by atoms with Crippen LogP contribution in [0.1, 0.15) is 30.7 Å². The van der Waals surface area contributed by atoms with Crippen LogP contribution in [0.25, 0.3) is 22.4 Å². The fraction of sp³-hybridized carbons (Fsp3) is 0.261. The maximum absolute atomic E-state index is 14.6. The van der Waals surface area contributed by atoms with Gasteiger partial charge in [-0.05, 0) is 26.3 Å². The summed E-state index contributed by atoms with van der Waals surface area (Å²) < 4.78 is 36.0. The van der Waals surface area contributed by atoms with Crippen molar-refractivity contribution < 1.29 is 18.6 Å². The van der Waals surface area contributed by atoms with E-state index in [1.165, 1.54) is 16.8 Å². The van der Waals surface area contributed by atoms with E-state index >= 15 is 0 Å². The topological polar surface area (TPSA) is 73.1 Å². The number of rotatable bonds is 6. The zero-order valence-electron chi connectivity index (χ0n) is 17.5. The third-order valence-corrected chi connectivity index (χ3v) is 5.15. The van der Waals surface area contributed by atoms with Gasteiger partial charge in [0.05, 0.1) is 18.7 Å². The molecule has 8 heteroatoms. The molecule has 2 aromatic heterocycles. The lowest BCUT2D eigenvalue weighted by atomic mass is 10.1. The Morgan fingerprint density at radius 3 is 2.39 bits per heavy atom. The molecule has 0 unspecified atom stereocenters. The largest absolute Gasteiger partial charge is 0.494 e. The highest BCUT2D eigenvalue weighted by atomic mass is 19.1. The Balaban J connectivity index is 1.82. The second-order valence-corrected chi connectivity index (χ2v) is 7.11. The van der Waals surface area contributed by atoms with Crippen molar-refractivity contribution >= 4 is 10.9 Å². The van der Waals surface area contributed by atoms with Crippen molar-refractivity contribution in [1.29, 1.82) is 0 Å². The van der Waals surface area contributed by atoms with Crippen LogP contribution in [0.15, 0.2) is 36.4 Å². The van der Waals surface area contributed by atoms with Gasteiger partial charge in [0.1, 0.15) is 23.1 Å². The minimum atomic E-state index is -0.707. The van der Waals surface area contributed by atoms with Gasteiger partial charge in [-0.2, -0.15) is 10.1 Å². The van der Waals surface area contributed by atoms with E-state index in [-0.39, 0.29) is 29.6 Å². The van der Waals surface area contributed by atoms with Crippen LogP contribution >= 0.6 is 0 Å². The first-order chi connectivity index (χ1) is 14.9. The van der Waals surface area contributed by atoms with Gasteiger partial charge in [0.15, 0.2) is 5.82 Å². The average Bonchev–Trinajstić information content (AvgIpc) is 3.09. The molecular formula is C23H22F2N4O2. The van der Waals surface area contributed by atoms with Crippen LogP contribution in [-0.4, -0.2) is 31.5 Å². The number of ether oxygens (including phenoxy) is 1. The summed E-state index contributed by atoms with van der Waals surface area (Å²) in [7, 11) is 0. The smallest absolute Gasteiger partial charge is 0.218 e. The van der Waals surface area contributed by atoms with Crippen LogP contribution in [0.2, 0.25) is 0 Å². The predicted octanol–water partition coefficient (Wildman–Crippen LogP) is 4.79. The molecule has 0 saturated heterocycles. The van der Waals surface area contributed by atoms with E-state index in [0.717, 1.165) is 5.39 Å². The summed E-state index contributed by atoms with van der Waals surface area (Å²) >= 11 is 0. The van der Waals surface area contributed by atoms with Crippen LogP contribution in [0.5, 0.6) is 11.6 Å². The summed E-state index contributed by atoms with van der Waals surface area (Å²) in [5.74, 6) is -1.10. The van der Waals surface area contributed by atoms with Gasteiger partial charge in [0, 0.05) is 34.3 Å². The summed E-state index contributed by atoms with van der Waals surface area (Å²) in [5, 5.41) is 15.6. The van der Waals surface area contributed by atoms with Crippen molar-refractivity contribution in [2.75, 3.05) is 6.61 Å². The molecule has 4 aromatic rings. The second-order valence-electron chi connectivity index (χ2n) is 7.11. The van der Waals surface area contributed by atoms with E-state index in [0.29, 0.717) is 35.5 Å². The molecule has 0 fully saturated rings. The van der Waals surface area contributed by atoms with Gasteiger partial charge in [0.25, 0.3) is 0 Å². The number of para-hydroxylation sites is 1. The Hall–Kier alpha value is -3.55. The highest BCUT2D eigenvalue weighted by Crippen LogP contribution is 2.30. The van der Waals surface area contributed by atoms with E-state index in [4.69, 9.17) is 4.74 Å². The summed E-state index contributed by atoms with van der Waals surface area (Å²) in [6.45, 7) is 5.65. The monoisotopic (exact) mass is 424 g/mol. The molecule has 2 heterocycles. The molecule has 31 heavy (non-hydrogen) atoms. The highest BCUT2D eigenvalue weighted by molar-refractivity contribution is 5.91. The number of benzene rings is 2. The van der Waals surface area contributed by atoms with E-state index in [9.17, 15) is 13.9 Å². The Morgan fingerprint density at radius 1 is 1.03 bits per heavy atom. The van der Waals surface area contributed by atoms with E-state index in [1.807, 2.05) is 31.2 Å². The number of hydrogen-bond acceptors (Lipinski definition) is 5. The van der Waals surface area contributed by atoms with Crippen LogP contribution in [0, 0.1) is 18.6 Å². The third-order valence-electron chi connectivity index (χ3n) is 5.15. The molecule has 4 rings (SSSR count). The molecule has 2 aromatic carbocycles. The Kier molecular flexibility index (Phi) is 5.54. The number of hydrogen-bond donors (Lipinski definition) is 1. The Labute approximate surface area is 178 Å². The van der Waals surface area contributed by atoms with Gasteiger partial charge in [-0.25, -0.2) is 13.8 Å². The van der Waals surface area contributed by atoms with Crippen molar-refractivity contribution in [2.45, 2.75) is 33.7 Å². The van der Waals surface area contributed by atoms with Gasteiger partial charge < -0.3 is 9.84 Å². The lowest BCUT2D eigenvalue weighted by Gasteiger charge is -2.10. The Morgan fingerprint density at radius 2 is 1.74 bits per heavy atom. The molecule has 0 bridgehead atoms. The first-order valence-corrected chi connectivity index (χ1v) is 10.1. The molecule has 0 aliphatic rings. The van der Waals surface area contributed by atoms with E-state index in [2.05, 4.69) is 15.1 Å². The van der Waals surface area contributed by atoms with Crippen LogP contribution in [-0.2, 0) is 13.0 Å². The lowest BCUT2D eigenvalue weighted by Crippen LogP contribution is -2.07. The minimum absolute atomic E-state index is 0.0905.